The lowest BCUT2D eigenvalue weighted by Gasteiger charge is -2.18. The van der Waals surface area contributed by atoms with Gasteiger partial charge >= 0.3 is 12.0 Å². The fourth-order valence-corrected chi connectivity index (χ4v) is 2.04. The third-order valence-corrected chi connectivity index (χ3v) is 3.46. The predicted molar refractivity (Wildman–Crippen MR) is 90.0 cm³/mol. The molecule has 0 heterocycles. The third-order valence-electron chi connectivity index (χ3n) is 2.94. The Morgan fingerprint density at radius 1 is 1.22 bits per heavy atom. The van der Waals surface area contributed by atoms with E-state index in [2.05, 4.69) is 36.6 Å². The zero-order valence-corrected chi connectivity index (χ0v) is 14.6. The molecule has 0 unspecified atom stereocenters. The summed E-state index contributed by atoms with van der Waals surface area (Å²) in [4.78, 5) is 35.0. The van der Waals surface area contributed by atoms with Gasteiger partial charge in [0.05, 0.1) is 7.11 Å². The molecular formula is C15H20BrN3O4. The smallest absolute Gasteiger partial charge is 0.325 e. The second-order valence-electron chi connectivity index (χ2n) is 4.74. The van der Waals surface area contributed by atoms with Gasteiger partial charge in [0.1, 0.15) is 12.6 Å². The van der Waals surface area contributed by atoms with Crippen LogP contribution in [0.25, 0.3) is 0 Å². The molecule has 1 aromatic rings. The first-order chi connectivity index (χ1) is 11.0. The molecule has 0 saturated heterocycles. The summed E-state index contributed by atoms with van der Waals surface area (Å²) in [6, 6.07) is 5.84. The fourth-order valence-electron chi connectivity index (χ4n) is 1.77. The second kappa shape index (κ2) is 9.83. The summed E-state index contributed by atoms with van der Waals surface area (Å²) in [6.07, 6.45) is 1.16. The summed E-state index contributed by atoms with van der Waals surface area (Å²) in [5.74, 6) is -0.976. The van der Waals surface area contributed by atoms with Crippen molar-refractivity contribution in [3.05, 3.63) is 28.7 Å². The number of urea groups is 1. The van der Waals surface area contributed by atoms with Gasteiger partial charge in [0.25, 0.3) is 0 Å². The summed E-state index contributed by atoms with van der Waals surface area (Å²) in [6.45, 7) is 1.67. The Balaban J connectivity index is 2.56. The molecule has 7 nitrogen and oxygen atoms in total. The van der Waals surface area contributed by atoms with Crippen LogP contribution in [0, 0.1) is 0 Å². The molecule has 8 heteroatoms. The molecule has 126 valence electrons. The van der Waals surface area contributed by atoms with Crippen molar-refractivity contribution in [1.82, 2.24) is 10.6 Å². The van der Waals surface area contributed by atoms with Crippen LogP contribution in [-0.4, -0.2) is 37.6 Å². The van der Waals surface area contributed by atoms with Gasteiger partial charge in [-0.05, 0) is 30.7 Å². The number of carbonyl (C=O) groups is 3. The number of carbonyl (C=O) groups excluding carboxylic acids is 3. The van der Waals surface area contributed by atoms with Crippen molar-refractivity contribution in [2.24, 2.45) is 0 Å². The van der Waals surface area contributed by atoms with Gasteiger partial charge in [0.2, 0.25) is 5.91 Å². The molecule has 0 fully saturated rings. The van der Waals surface area contributed by atoms with Crippen LogP contribution in [-0.2, 0) is 14.3 Å². The van der Waals surface area contributed by atoms with Crippen molar-refractivity contribution in [1.29, 1.82) is 0 Å². The number of hydrogen-bond acceptors (Lipinski definition) is 4. The monoisotopic (exact) mass is 385 g/mol. The van der Waals surface area contributed by atoms with E-state index in [1.807, 2.05) is 6.92 Å². The molecule has 0 radical (unpaired) electrons. The largest absolute Gasteiger partial charge is 0.468 e. The molecule has 1 rings (SSSR count). The maximum Gasteiger partial charge on any atom is 0.325 e. The van der Waals surface area contributed by atoms with Crippen LogP contribution >= 0.6 is 15.9 Å². The summed E-state index contributed by atoms with van der Waals surface area (Å²) in [5.41, 5.74) is 0.607. The number of anilines is 1. The third kappa shape index (κ3) is 7.14. The number of ether oxygens (including phenoxy) is 1. The lowest BCUT2D eigenvalue weighted by molar-refractivity contribution is -0.141. The van der Waals surface area contributed by atoms with Gasteiger partial charge in [0, 0.05) is 10.2 Å². The van der Waals surface area contributed by atoms with E-state index in [0.29, 0.717) is 18.5 Å². The van der Waals surface area contributed by atoms with E-state index < -0.39 is 23.9 Å². The Bertz CT molecular complexity index is 548. The van der Waals surface area contributed by atoms with E-state index >= 15 is 0 Å². The van der Waals surface area contributed by atoms with Gasteiger partial charge in [-0.1, -0.05) is 29.3 Å². The molecule has 0 aromatic heterocycles. The van der Waals surface area contributed by atoms with Crippen molar-refractivity contribution in [3.63, 3.8) is 0 Å². The highest BCUT2D eigenvalue weighted by Crippen LogP contribution is 2.14. The molecule has 0 bridgehead atoms. The van der Waals surface area contributed by atoms with E-state index in [0.717, 1.165) is 4.47 Å². The van der Waals surface area contributed by atoms with Crippen LogP contribution in [0.5, 0.6) is 0 Å². The minimum Gasteiger partial charge on any atom is -0.468 e. The molecule has 0 saturated carbocycles. The molecule has 0 aliphatic carbocycles. The highest BCUT2D eigenvalue weighted by molar-refractivity contribution is 9.10. The van der Waals surface area contributed by atoms with Crippen molar-refractivity contribution in [2.75, 3.05) is 19.0 Å². The van der Waals surface area contributed by atoms with Crippen molar-refractivity contribution in [2.45, 2.75) is 25.8 Å². The molecule has 23 heavy (non-hydrogen) atoms. The number of nitrogens with one attached hydrogen (secondary N) is 3. The van der Waals surface area contributed by atoms with E-state index in [4.69, 9.17) is 0 Å². The molecular weight excluding hydrogens is 366 g/mol. The topological polar surface area (TPSA) is 96.5 Å². The lowest BCUT2D eigenvalue weighted by atomic mass is 10.1. The average Bonchev–Trinajstić information content (AvgIpc) is 2.54. The van der Waals surface area contributed by atoms with Crippen molar-refractivity contribution >= 4 is 39.5 Å². The van der Waals surface area contributed by atoms with Crippen LogP contribution in [0.4, 0.5) is 10.5 Å². The van der Waals surface area contributed by atoms with Crippen molar-refractivity contribution in [3.8, 4) is 0 Å². The van der Waals surface area contributed by atoms with Gasteiger partial charge in [-0.2, -0.15) is 0 Å². The normalized spacial score (nSPS) is 11.3. The number of halogens is 1. The highest BCUT2D eigenvalue weighted by Gasteiger charge is 2.20. The van der Waals surface area contributed by atoms with Gasteiger partial charge < -0.3 is 20.7 Å². The average molecular weight is 386 g/mol. The highest BCUT2D eigenvalue weighted by atomic mass is 79.9. The van der Waals surface area contributed by atoms with Gasteiger partial charge in [-0.25, -0.2) is 4.79 Å². The van der Waals surface area contributed by atoms with Gasteiger partial charge in [-0.15, -0.1) is 0 Å². The summed E-state index contributed by atoms with van der Waals surface area (Å²) in [5, 5.41) is 7.68. The number of methoxy groups -OCH3 is 1. The number of amides is 3. The number of hydrogen-bond donors (Lipinski definition) is 3. The van der Waals surface area contributed by atoms with Crippen LogP contribution in [0.3, 0.4) is 0 Å². The summed E-state index contributed by atoms with van der Waals surface area (Å²) in [7, 11) is 1.24. The van der Waals surface area contributed by atoms with E-state index in [1.54, 1.807) is 24.3 Å². The predicted octanol–water partition coefficient (Wildman–Crippen LogP) is 2.03. The number of rotatable bonds is 7. The molecule has 1 aromatic carbocycles. The van der Waals surface area contributed by atoms with E-state index in [9.17, 15) is 14.4 Å². The zero-order chi connectivity index (χ0) is 17.2. The Kier molecular flexibility index (Phi) is 8.10. The lowest BCUT2D eigenvalue weighted by Crippen LogP contribution is -2.49. The maximum absolute atomic E-state index is 12.0. The number of esters is 1. The Hall–Kier alpha value is -2.09. The first-order valence-electron chi connectivity index (χ1n) is 7.13. The van der Waals surface area contributed by atoms with E-state index in [1.165, 1.54) is 7.11 Å². The number of benzene rings is 1. The van der Waals surface area contributed by atoms with Crippen LogP contribution in [0.1, 0.15) is 19.8 Å². The quantitative estimate of drug-likeness (QED) is 0.625. The summed E-state index contributed by atoms with van der Waals surface area (Å²) >= 11 is 3.31. The molecule has 3 amide bonds. The van der Waals surface area contributed by atoms with Crippen LogP contribution in [0.2, 0.25) is 0 Å². The molecule has 0 spiro atoms. The Morgan fingerprint density at radius 3 is 2.43 bits per heavy atom. The minimum atomic E-state index is -0.722. The Labute approximate surface area is 143 Å². The molecule has 1 atom stereocenters. The molecule has 0 aliphatic heterocycles. The zero-order valence-electron chi connectivity index (χ0n) is 13.0. The maximum atomic E-state index is 12.0. The van der Waals surface area contributed by atoms with Gasteiger partial charge in [0.15, 0.2) is 0 Å². The fraction of sp³-hybridized carbons (Fsp3) is 0.400. The first-order valence-corrected chi connectivity index (χ1v) is 7.93. The summed E-state index contributed by atoms with van der Waals surface area (Å²) < 4.78 is 5.35. The Morgan fingerprint density at radius 2 is 1.87 bits per heavy atom. The van der Waals surface area contributed by atoms with Crippen molar-refractivity contribution < 1.29 is 19.1 Å². The SMILES string of the molecule is CCC[C@H](NC(=O)Nc1ccc(Br)cc1)C(=O)NCC(=O)OC. The molecule has 3 N–H and O–H groups in total. The van der Waals surface area contributed by atoms with Crippen LogP contribution < -0.4 is 16.0 Å². The molecule has 0 aliphatic rings. The van der Waals surface area contributed by atoms with Crippen LogP contribution in [0.15, 0.2) is 28.7 Å². The second-order valence-corrected chi connectivity index (χ2v) is 5.66. The standard InChI is InChI=1S/C15H20BrN3O4/c1-3-4-12(14(21)17-9-13(20)23-2)19-15(22)18-11-7-5-10(16)6-8-11/h5-8,12H,3-4,9H2,1-2H3,(H,17,21)(H2,18,19,22)/t12-/m0/s1. The first kappa shape index (κ1) is 19.0. The minimum absolute atomic E-state index is 0.231. The van der Waals surface area contributed by atoms with E-state index in [-0.39, 0.29) is 6.54 Å². The van der Waals surface area contributed by atoms with Gasteiger partial charge in [-0.3, -0.25) is 9.59 Å².